The molecule has 17 heavy (non-hydrogen) atoms. The molecule has 2 atom stereocenters. The summed E-state index contributed by atoms with van der Waals surface area (Å²) in [6.07, 6.45) is -0.502. The van der Waals surface area contributed by atoms with Crippen LogP contribution in [0.15, 0.2) is 0 Å². The molecule has 3 N–H and O–H groups in total. The van der Waals surface area contributed by atoms with Gasteiger partial charge in [-0.3, -0.25) is 4.79 Å². The number of amides is 1. The van der Waals surface area contributed by atoms with E-state index in [1.807, 2.05) is 20.8 Å². The lowest BCUT2D eigenvalue weighted by Gasteiger charge is -2.29. The van der Waals surface area contributed by atoms with E-state index >= 15 is 0 Å². The van der Waals surface area contributed by atoms with Crippen LogP contribution in [0.1, 0.15) is 27.7 Å². The molecule has 0 saturated carbocycles. The van der Waals surface area contributed by atoms with Crippen LogP contribution in [0.3, 0.4) is 0 Å². The van der Waals surface area contributed by atoms with Gasteiger partial charge in [-0.05, 0) is 27.7 Å². The molecule has 0 aromatic rings. The van der Waals surface area contributed by atoms with Crippen LogP contribution in [0, 0.1) is 0 Å². The topological polar surface area (TPSA) is 90.7 Å². The van der Waals surface area contributed by atoms with E-state index in [4.69, 9.17) is 10.5 Å². The number of nitrogens with one attached hydrogen (secondary N) is 1. The predicted octanol–water partition coefficient (Wildman–Crippen LogP) is -0.193. The smallest absolute Gasteiger partial charge is 0.331 e. The van der Waals surface area contributed by atoms with Crippen molar-refractivity contribution < 1.29 is 19.1 Å². The van der Waals surface area contributed by atoms with Crippen molar-refractivity contribution in [3.8, 4) is 0 Å². The van der Waals surface area contributed by atoms with E-state index in [2.05, 4.69) is 10.1 Å². The molecule has 100 valence electrons. The van der Waals surface area contributed by atoms with Crippen molar-refractivity contribution in [1.82, 2.24) is 5.32 Å². The Morgan fingerprint density at radius 3 is 2.24 bits per heavy atom. The summed E-state index contributed by atoms with van der Waals surface area (Å²) in [5.41, 5.74) is 4.77. The van der Waals surface area contributed by atoms with E-state index in [0.717, 1.165) is 0 Å². The third-order valence-electron chi connectivity index (χ3n) is 1.97. The van der Waals surface area contributed by atoms with Gasteiger partial charge < -0.3 is 20.5 Å². The zero-order chi connectivity index (χ0) is 13.6. The van der Waals surface area contributed by atoms with Gasteiger partial charge in [0.25, 0.3) is 0 Å². The predicted molar refractivity (Wildman–Crippen MR) is 63.3 cm³/mol. The molecule has 0 aliphatic heterocycles. The van der Waals surface area contributed by atoms with Crippen molar-refractivity contribution in [2.45, 2.75) is 45.4 Å². The maximum Gasteiger partial charge on any atom is 0.331 e. The van der Waals surface area contributed by atoms with Gasteiger partial charge in [0, 0.05) is 0 Å². The second kappa shape index (κ2) is 6.56. The largest absolute Gasteiger partial charge is 0.467 e. The first-order chi connectivity index (χ1) is 7.71. The van der Waals surface area contributed by atoms with E-state index in [1.165, 1.54) is 7.11 Å². The summed E-state index contributed by atoms with van der Waals surface area (Å²) in [6.45, 7) is 7.10. The normalized spacial score (nSPS) is 14.9. The monoisotopic (exact) mass is 246 g/mol. The number of hydrogen-bond acceptors (Lipinski definition) is 5. The Morgan fingerprint density at radius 2 is 1.88 bits per heavy atom. The van der Waals surface area contributed by atoms with Crippen LogP contribution in [0.25, 0.3) is 0 Å². The molecule has 0 aliphatic carbocycles. The quantitative estimate of drug-likeness (QED) is 0.656. The molecule has 0 aromatic carbocycles. The summed E-state index contributed by atoms with van der Waals surface area (Å²) in [4.78, 5) is 22.7. The van der Waals surface area contributed by atoms with Crippen LogP contribution in [0.4, 0.5) is 0 Å². The number of esters is 1. The third kappa shape index (κ3) is 6.23. The molecule has 0 rings (SSSR count). The highest BCUT2D eigenvalue weighted by Crippen LogP contribution is 2.13. The minimum Gasteiger partial charge on any atom is -0.467 e. The molecular formula is C11H22N2O4. The molecule has 0 saturated heterocycles. The summed E-state index contributed by atoms with van der Waals surface area (Å²) < 4.78 is 10.2. The van der Waals surface area contributed by atoms with E-state index in [-0.39, 0.29) is 6.54 Å². The molecule has 0 heterocycles. The molecule has 0 spiro atoms. The van der Waals surface area contributed by atoms with Gasteiger partial charge in [-0.25, -0.2) is 4.79 Å². The molecule has 1 amide bonds. The maximum atomic E-state index is 11.5. The van der Waals surface area contributed by atoms with Gasteiger partial charge in [-0.1, -0.05) is 0 Å². The van der Waals surface area contributed by atoms with Gasteiger partial charge in [0.05, 0.1) is 25.4 Å². The van der Waals surface area contributed by atoms with E-state index in [9.17, 15) is 9.59 Å². The van der Waals surface area contributed by atoms with Gasteiger partial charge in [0.15, 0.2) is 6.04 Å². The van der Waals surface area contributed by atoms with Crippen molar-refractivity contribution >= 4 is 11.9 Å². The number of carbonyl (C=O) groups excluding carboxylic acids is 2. The molecule has 0 radical (unpaired) electrons. The lowest BCUT2D eigenvalue weighted by atomic mass is 10.1. The fourth-order valence-corrected chi connectivity index (χ4v) is 1.35. The highest BCUT2D eigenvalue weighted by molar-refractivity contribution is 5.85. The van der Waals surface area contributed by atoms with Gasteiger partial charge in [-0.2, -0.15) is 0 Å². The minimum absolute atomic E-state index is 0.185. The maximum absolute atomic E-state index is 11.5. The molecule has 0 aliphatic rings. The van der Waals surface area contributed by atoms with Crippen LogP contribution < -0.4 is 11.1 Å². The summed E-state index contributed by atoms with van der Waals surface area (Å²) in [6, 6.07) is -0.852. The molecule has 0 bridgehead atoms. The Kier molecular flexibility index (Phi) is 6.12. The van der Waals surface area contributed by atoms with Crippen molar-refractivity contribution in [3.05, 3.63) is 0 Å². The summed E-state index contributed by atoms with van der Waals surface area (Å²) in [5.74, 6) is -0.978. The number of nitrogens with two attached hydrogens (primary N) is 1. The average molecular weight is 246 g/mol. The molecule has 0 fully saturated rings. The van der Waals surface area contributed by atoms with Crippen molar-refractivity contribution in [3.63, 3.8) is 0 Å². The number of rotatable bonds is 5. The van der Waals surface area contributed by atoms with Crippen LogP contribution >= 0.6 is 0 Å². The zero-order valence-electron chi connectivity index (χ0n) is 11.1. The Morgan fingerprint density at radius 1 is 1.35 bits per heavy atom. The highest BCUT2D eigenvalue weighted by Gasteiger charge is 2.30. The second-order valence-corrected chi connectivity index (χ2v) is 4.71. The standard InChI is InChI=1S/C11H22N2O4/c1-7(17-11(2,3)4)9(10(15)16-5)13-8(14)6-12/h7,9H,6,12H2,1-5H3,(H,13,14)/t7-,9+/m0/s1. The lowest BCUT2D eigenvalue weighted by molar-refractivity contribution is -0.153. The van der Waals surface area contributed by atoms with Crippen LogP contribution in [-0.4, -0.2) is 43.3 Å². The summed E-state index contributed by atoms with van der Waals surface area (Å²) in [7, 11) is 1.26. The SMILES string of the molecule is COC(=O)[C@H](NC(=O)CN)[C@H](C)OC(C)(C)C. The third-order valence-corrected chi connectivity index (χ3v) is 1.97. The van der Waals surface area contributed by atoms with E-state index in [1.54, 1.807) is 6.92 Å². The van der Waals surface area contributed by atoms with E-state index < -0.39 is 29.6 Å². The van der Waals surface area contributed by atoms with Gasteiger partial charge in [-0.15, -0.1) is 0 Å². The fourth-order valence-electron chi connectivity index (χ4n) is 1.35. The summed E-state index contributed by atoms with van der Waals surface area (Å²) >= 11 is 0. The number of methoxy groups -OCH3 is 1. The van der Waals surface area contributed by atoms with Crippen LogP contribution in [0.2, 0.25) is 0 Å². The number of hydrogen-bond donors (Lipinski definition) is 2. The Bertz CT molecular complexity index is 273. The molecule has 6 nitrogen and oxygen atoms in total. The van der Waals surface area contributed by atoms with Crippen LogP contribution in [0.5, 0.6) is 0 Å². The zero-order valence-corrected chi connectivity index (χ0v) is 11.1. The van der Waals surface area contributed by atoms with Gasteiger partial charge in [0.2, 0.25) is 5.91 Å². The second-order valence-electron chi connectivity index (χ2n) is 4.71. The van der Waals surface area contributed by atoms with Gasteiger partial charge in [0.1, 0.15) is 0 Å². The molecule has 0 aromatic heterocycles. The Hall–Kier alpha value is -1.14. The first-order valence-corrected chi connectivity index (χ1v) is 5.46. The highest BCUT2D eigenvalue weighted by atomic mass is 16.5. The summed E-state index contributed by atoms with van der Waals surface area (Å²) in [5, 5.41) is 2.48. The Labute approximate surface area is 102 Å². The van der Waals surface area contributed by atoms with Crippen molar-refractivity contribution in [2.75, 3.05) is 13.7 Å². The number of carbonyl (C=O) groups is 2. The lowest BCUT2D eigenvalue weighted by Crippen LogP contribution is -2.52. The van der Waals surface area contributed by atoms with Gasteiger partial charge >= 0.3 is 5.97 Å². The first-order valence-electron chi connectivity index (χ1n) is 5.46. The fraction of sp³-hybridized carbons (Fsp3) is 0.818. The van der Waals surface area contributed by atoms with Crippen molar-refractivity contribution in [2.24, 2.45) is 5.73 Å². The molecule has 0 unspecified atom stereocenters. The average Bonchev–Trinajstić information content (AvgIpc) is 2.21. The first kappa shape index (κ1) is 15.9. The molecule has 6 heteroatoms. The van der Waals surface area contributed by atoms with Crippen LogP contribution in [-0.2, 0) is 19.1 Å². The van der Waals surface area contributed by atoms with Crippen molar-refractivity contribution in [1.29, 1.82) is 0 Å². The molecular weight excluding hydrogens is 224 g/mol. The minimum atomic E-state index is -0.852. The van der Waals surface area contributed by atoms with E-state index in [0.29, 0.717) is 0 Å². The number of ether oxygens (including phenoxy) is 2. The Balaban J connectivity index is 4.68.